The van der Waals surface area contributed by atoms with Crippen molar-refractivity contribution in [2.45, 2.75) is 71.9 Å². The van der Waals surface area contributed by atoms with Gasteiger partial charge in [0.1, 0.15) is 11.8 Å². The first-order chi connectivity index (χ1) is 18.6. The molecule has 0 aromatic heterocycles. The normalized spacial score (nSPS) is 12.1. The number of amides is 2. The fraction of sp³-hybridized carbons (Fsp3) is 0.394. The molecular weight excluding hydrogens is 552 g/mol. The molecule has 0 aliphatic heterocycles. The predicted octanol–water partition coefficient (Wildman–Crippen LogP) is 6.99. The lowest BCUT2D eigenvalue weighted by Crippen LogP contribution is -2.51. The van der Waals surface area contributed by atoms with Gasteiger partial charge in [0.25, 0.3) is 5.91 Å². The lowest BCUT2D eigenvalue weighted by Gasteiger charge is -2.31. The Bertz CT molecular complexity index is 1240. The number of unbranched alkanes of at least 4 members (excludes halogenated alkanes) is 1. The number of halogens is 1. The van der Waals surface area contributed by atoms with E-state index in [2.05, 4.69) is 55.0 Å². The largest absolute Gasteiger partial charge is 0.483 e. The van der Waals surface area contributed by atoms with Crippen LogP contribution >= 0.6 is 15.9 Å². The first-order valence-corrected chi connectivity index (χ1v) is 14.5. The van der Waals surface area contributed by atoms with Crippen LogP contribution in [0.5, 0.6) is 5.75 Å². The van der Waals surface area contributed by atoms with E-state index in [4.69, 9.17) is 4.74 Å². The number of carbonyl (C=O) groups excluding carboxylic acids is 2. The average molecular weight is 594 g/mol. The molecule has 0 spiro atoms. The summed E-state index contributed by atoms with van der Waals surface area (Å²) in [7, 11) is 0. The SMILES string of the molecule is CCCCNC(=O)[C@H](Cc1ccccc1)N(Cc1cccc(C)c1)C(=O)COc1ccc(C(C)(C)C)cc1Br. The van der Waals surface area contributed by atoms with Crippen LogP contribution in [0.4, 0.5) is 0 Å². The number of ether oxygens (including phenoxy) is 1. The molecule has 3 aromatic rings. The van der Waals surface area contributed by atoms with Gasteiger partial charge in [0.2, 0.25) is 5.91 Å². The van der Waals surface area contributed by atoms with Crippen LogP contribution in [0.3, 0.4) is 0 Å². The zero-order valence-corrected chi connectivity index (χ0v) is 25.4. The first-order valence-electron chi connectivity index (χ1n) is 13.7. The minimum absolute atomic E-state index is 0.00270. The fourth-order valence-electron chi connectivity index (χ4n) is 4.37. The van der Waals surface area contributed by atoms with E-state index in [0.29, 0.717) is 25.3 Å². The van der Waals surface area contributed by atoms with E-state index in [9.17, 15) is 9.59 Å². The van der Waals surface area contributed by atoms with Crippen LogP contribution in [0.15, 0.2) is 77.3 Å². The summed E-state index contributed by atoms with van der Waals surface area (Å²) in [5.74, 6) is 0.206. The van der Waals surface area contributed by atoms with Crippen molar-refractivity contribution < 1.29 is 14.3 Å². The van der Waals surface area contributed by atoms with E-state index in [-0.39, 0.29) is 23.8 Å². The molecule has 0 heterocycles. The molecule has 6 heteroatoms. The molecule has 0 unspecified atom stereocenters. The number of hydrogen-bond donors (Lipinski definition) is 1. The Morgan fingerprint density at radius 2 is 1.69 bits per heavy atom. The van der Waals surface area contributed by atoms with Gasteiger partial charge >= 0.3 is 0 Å². The van der Waals surface area contributed by atoms with Gasteiger partial charge in [-0.15, -0.1) is 0 Å². The van der Waals surface area contributed by atoms with E-state index in [0.717, 1.165) is 34.0 Å². The minimum Gasteiger partial charge on any atom is -0.483 e. The van der Waals surface area contributed by atoms with Gasteiger partial charge in [-0.1, -0.05) is 100 Å². The van der Waals surface area contributed by atoms with Crippen molar-refractivity contribution in [2.75, 3.05) is 13.2 Å². The molecule has 0 bridgehead atoms. The van der Waals surface area contributed by atoms with Crippen molar-refractivity contribution in [3.05, 3.63) is 99.5 Å². The van der Waals surface area contributed by atoms with Crippen LogP contribution in [-0.4, -0.2) is 35.9 Å². The van der Waals surface area contributed by atoms with Gasteiger partial charge in [0.15, 0.2) is 6.61 Å². The lowest BCUT2D eigenvalue weighted by atomic mass is 9.87. The highest BCUT2D eigenvalue weighted by Crippen LogP contribution is 2.31. The van der Waals surface area contributed by atoms with E-state index in [1.807, 2.05) is 73.7 Å². The third kappa shape index (κ3) is 9.24. The number of aryl methyl sites for hydroxylation is 1. The van der Waals surface area contributed by atoms with Crippen LogP contribution in [-0.2, 0) is 28.0 Å². The molecule has 39 heavy (non-hydrogen) atoms. The van der Waals surface area contributed by atoms with E-state index < -0.39 is 6.04 Å². The zero-order valence-electron chi connectivity index (χ0n) is 23.8. The Morgan fingerprint density at radius 1 is 0.974 bits per heavy atom. The maximum absolute atomic E-state index is 13.8. The number of rotatable bonds is 12. The molecule has 0 saturated carbocycles. The Labute approximate surface area is 242 Å². The molecule has 0 saturated heterocycles. The molecule has 1 atom stereocenters. The summed E-state index contributed by atoms with van der Waals surface area (Å²) >= 11 is 3.61. The van der Waals surface area contributed by atoms with Gasteiger partial charge in [-0.25, -0.2) is 0 Å². The van der Waals surface area contributed by atoms with Crippen LogP contribution in [0.1, 0.15) is 62.8 Å². The second kappa shape index (κ2) is 14.3. The van der Waals surface area contributed by atoms with Gasteiger partial charge in [-0.2, -0.15) is 0 Å². The van der Waals surface area contributed by atoms with E-state index in [1.165, 1.54) is 5.56 Å². The smallest absolute Gasteiger partial charge is 0.261 e. The van der Waals surface area contributed by atoms with Crippen molar-refractivity contribution in [1.29, 1.82) is 0 Å². The van der Waals surface area contributed by atoms with Crippen molar-refractivity contribution >= 4 is 27.7 Å². The second-order valence-corrected chi connectivity index (χ2v) is 11.9. The number of benzene rings is 3. The Balaban J connectivity index is 1.89. The molecule has 0 aliphatic rings. The maximum Gasteiger partial charge on any atom is 0.261 e. The summed E-state index contributed by atoms with van der Waals surface area (Å²) in [6, 6.07) is 23.2. The van der Waals surface area contributed by atoms with Crippen molar-refractivity contribution in [3.63, 3.8) is 0 Å². The third-order valence-corrected chi connectivity index (χ3v) is 7.30. The lowest BCUT2D eigenvalue weighted by molar-refractivity contribution is -0.142. The fourth-order valence-corrected chi connectivity index (χ4v) is 4.87. The predicted molar refractivity (Wildman–Crippen MR) is 162 cm³/mol. The molecule has 3 rings (SSSR count). The molecule has 1 N–H and O–H groups in total. The molecule has 0 fully saturated rings. The molecule has 2 amide bonds. The van der Waals surface area contributed by atoms with Crippen LogP contribution < -0.4 is 10.1 Å². The molecule has 208 valence electrons. The summed E-state index contributed by atoms with van der Waals surface area (Å²) in [5.41, 5.74) is 4.24. The second-order valence-electron chi connectivity index (χ2n) is 11.0. The van der Waals surface area contributed by atoms with Crippen LogP contribution in [0, 0.1) is 6.92 Å². The average Bonchev–Trinajstić information content (AvgIpc) is 2.90. The highest BCUT2D eigenvalue weighted by Gasteiger charge is 2.30. The van der Waals surface area contributed by atoms with Gasteiger partial charge in [-0.3, -0.25) is 9.59 Å². The molecular formula is C33H41BrN2O3. The summed E-state index contributed by atoms with van der Waals surface area (Å²) in [4.78, 5) is 29.0. The molecule has 5 nitrogen and oxygen atoms in total. The highest BCUT2D eigenvalue weighted by molar-refractivity contribution is 9.10. The first kappa shape index (κ1) is 30.4. The Hall–Kier alpha value is -3.12. The van der Waals surface area contributed by atoms with Crippen molar-refractivity contribution in [3.8, 4) is 5.75 Å². The van der Waals surface area contributed by atoms with Gasteiger partial charge in [0, 0.05) is 19.5 Å². The molecule has 0 aliphatic carbocycles. The van der Waals surface area contributed by atoms with E-state index in [1.54, 1.807) is 4.90 Å². The molecule has 3 aromatic carbocycles. The molecule has 0 radical (unpaired) electrons. The van der Waals surface area contributed by atoms with Crippen molar-refractivity contribution in [1.82, 2.24) is 10.2 Å². The van der Waals surface area contributed by atoms with Gasteiger partial charge < -0.3 is 15.0 Å². The summed E-state index contributed by atoms with van der Waals surface area (Å²) < 4.78 is 6.81. The number of nitrogens with zero attached hydrogens (tertiary/aromatic N) is 1. The topological polar surface area (TPSA) is 58.6 Å². The number of nitrogens with one attached hydrogen (secondary N) is 1. The van der Waals surface area contributed by atoms with Gasteiger partial charge in [0.05, 0.1) is 4.47 Å². The number of hydrogen-bond acceptors (Lipinski definition) is 3. The third-order valence-electron chi connectivity index (χ3n) is 6.69. The van der Waals surface area contributed by atoms with Crippen molar-refractivity contribution in [2.24, 2.45) is 0 Å². The monoisotopic (exact) mass is 592 g/mol. The van der Waals surface area contributed by atoms with Crippen LogP contribution in [0.2, 0.25) is 0 Å². The van der Waals surface area contributed by atoms with Gasteiger partial charge in [-0.05, 0) is 63.5 Å². The zero-order chi connectivity index (χ0) is 28.4. The summed E-state index contributed by atoms with van der Waals surface area (Å²) in [6.45, 7) is 11.3. The quantitative estimate of drug-likeness (QED) is 0.230. The Morgan fingerprint density at radius 3 is 2.33 bits per heavy atom. The standard InChI is InChI=1S/C33H41BrN2O3/c1-6-7-18-35-32(38)29(20-25-13-9-8-10-14-25)36(22-26-15-11-12-24(2)19-26)31(37)23-39-30-17-16-27(21-28(30)34)33(3,4)5/h8-17,19,21,29H,6-7,18,20,22-23H2,1-5H3,(H,35,38)/t29-/m0/s1. The summed E-state index contributed by atoms with van der Waals surface area (Å²) in [6.07, 6.45) is 2.28. The number of carbonyl (C=O) groups is 2. The summed E-state index contributed by atoms with van der Waals surface area (Å²) in [5, 5.41) is 3.06. The Kier molecular flexibility index (Phi) is 11.2. The minimum atomic E-state index is -0.674. The highest BCUT2D eigenvalue weighted by atomic mass is 79.9. The van der Waals surface area contributed by atoms with Crippen LogP contribution in [0.25, 0.3) is 0 Å². The van der Waals surface area contributed by atoms with E-state index >= 15 is 0 Å². The maximum atomic E-state index is 13.8.